The van der Waals surface area contributed by atoms with E-state index < -0.39 is 0 Å². The van der Waals surface area contributed by atoms with E-state index >= 15 is 0 Å². The molecule has 2 aromatic rings. The highest BCUT2D eigenvalue weighted by atomic mass is 32.1. The molecule has 1 amide bonds. The summed E-state index contributed by atoms with van der Waals surface area (Å²) in [5.74, 6) is 0.0278. The van der Waals surface area contributed by atoms with Gasteiger partial charge < -0.3 is 4.90 Å². The standard InChI is InChI=1S/C17H19N3OS/c1-12(8-9-18)20(3)17(21)10-14-4-6-15(7-5-14)16-11-22-13(2)19-16/h4-7,11-12H,8,10H2,1-3H3. The monoisotopic (exact) mass is 313 g/mol. The molecule has 0 saturated heterocycles. The molecule has 1 aromatic carbocycles. The number of aryl methyl sites for hydroxylation is 1. The van der Waals surface area contributed by atoms with Crippen LogP contribution in [-0.2, 0) is 11.2 Å². The first-order valence-corrected chi connectivity index (χ1v) is 8.03. The minimum absolute atomic E-state index is 0.0278. The van der Waals surface area contributed by atoms with Gasteiger partial charge >= 0.3 is 0 Å². The Morgan fingerprint density at radius 2 is 2.09 bits per heavy atom. The maximum atomic E-state index is 12.2. The fraction of sp³-hybridized carbons (Fsp3) is 0.353. The van der Waals surface area contributed by atoms with Gasteiger partial charge in [-0.2, -0.15) is 5.26 Å². The van der Waals surface area contributed by atoms with E-state index in [-0.39, 0.29) is 11.9 Å². The zero-order valence-corrected chi connectivity index (χ0v) is 13.9. The molecule has 2 rings (SSSR count). The second-order valence-electron chi connectivity index (χ2n) is 5.34. The first-order chi connectivity index (χ1) is 10.5. The summed E-state index contributed by atoms with van der Waals surface area (Å²) in [7, 11) is 1.75. The zero-order valence-electron chi connectivity index (χ0n) is 13.0. The van der Waals surface area contributed by atoms with Crippen molar-refractivity contribution in [2.24, 2.45) is 0 Å². The molecule has 1 aromatic heterocycles. The topological polar surface area (TPSA) is 57.0 Å². The van der Waals surface area contributed by atoms with Gasteiger partial charge in [0.25, 0.3) is 0 Å². The van der Waals surface area contributed by atoms with Crippen LogP contribution in [0.3, 0.4) is 0 Å². The van der Waals surface area contributed by atoms with Gasteiger partial charge in [-0.3, -0.25) is 4.79 Å². The molecule has 0 aliphatic heterocycles. The van der Waals surface area contributed by atoms with E-state index in [1.54, 1.807) is 23.3 Å². The fourth-order valence-electron chi connectivity index (χ4n) is 2.10. The molecule has 1 heterocycles. The molecule has 1 unspecified atom stereocenters. The summed E-state index contributed by atoms with van der Waals surface area (Å²) in [5, 5.41) is 11.8. The number of benzene rings is 1. The fourth-order valence-corrected chi connectivity index (χ4v) is 2.73. The minimum atomic E-state index is -0.0604. The summed E-state index contributed by atoms with van der Waals surface area (Å²) >= 11 is 1.63. The van der Waals surface area contributed by atoms with Crippen molar-refractivity contribution in [3.63, 3.8) is 0 Å². The van der Waals surface area contributed by atoms with Crippen LogP contribution in [0.4, 0.5) is 0 Å². The van der Waals surface area contributed by atoms with Crippen LogP contribution < -0.4 is 0 Å². The molecule has 4 nitrogen and oxygen atoms in total. The third-order valence-electron chi connectivity index (χ3n) is 3.67. The third kappa shape index (κ3) is 3.92. The largest absolute Gasteiger partial charge is 0.342 e. The van der Waals surface area contributed by atoms with Crippen LogP contribution in [0.2, 0.25) is 0 Å². The second-order valence-corrected chi connectivity index (χ2v) is 6.40. The average molecular weight is 313 g/mol. The highest BCUT2D eigenvalue weighted by molar-refractivity contribution is 7.09. The molecule has 5 heteroatoms. The summed E-state index contributed by atoms with van der Waals surface area (Å²) in [6.07, 6.45) is 0.701. The highest BCUT2D eigenvalue weighted by Crippen LogP contribution is 2.22. The van der Waals surface area contributed by atoms with E-state index in [0.717, 1.165) is 21.8 Å². The lowest BCUT2D eigenvalue weighted by Crippen LogP contribution is -2.35. The van der Waals surface area contributed by atoms with Gasteiger partial charge in [-0.25, -0.2) is 4.98 Å². The molecular formula is C17H19N3OS. The molecule has 0 fully saturated rings. The third-order valence-corrected chi connectivity index (χ3v) is 4.44. The van der Waals surface area contributed by atoms with Crippen molar-refractivity contribution in [3.8, 4) is 17.3 Å². The Balaban J connectivity index is 2.02. The quantitative estimate of drug-likeness (QED) is 0.850. The number of thiazole rings is 1. The first kappa shape index (κ1) is 16.2. The average Bonchev–Trinajstić information content (AvgIpc) is 2.94. The lowest BCUT2D eigenvalue weighted by molar-refractivity contribution is -0.130. The summed E-state index contributed by atoms with van der Waals surface area (Å²) in [4.78, 5) is 18.3. The Morgan fingerprint density at radius 1 is 1.41 bits per heavy atom. The van der Waals surface area contributed by atoms with Crippen LogP contribution in [0.5, 0.6) is 0 Å². The van der Waals surface area contributed by atoms with E-state index in [1.807, 2.05) is 43.5 Å². The molecule has 0 spiro atoms. The number of hydrogen-bond donors (Lipinski definition) is 0. The summed E-state index contributed by atoms with van der Waals surface area (Å²) in [5.41, 5.74) is 3.00. The SMILES string of the molecule is Cc1nc(-c2ccc(CC(=O)N(C)C(C)CC#N)cc2)cs1. The second kappa shape index (κ2) is 7.19. The van der Waals surface area contributed by atoms with Gasteiger partial charge in [-0.15, -0.1) is 11.3 Å². The van der Waals surface area contributed by atoms with Gasteiger partial charge in [0, 0.05) is 24.0 Å². The molecule has 22 heavy (non-hydrogen) atoms. The zero-order chi connectivity index (χ0) is 16.1. The van der Waals surface area contributed by atoms with Crippen LogP contribution in [0.1, 0.15) is 23.9 Å². The lowest BCUT2D eigenvalue weighted by atomic mass is 10.1. The van der Waals surface area contributed by atoms with Crippen LogP contribution in [0.15, 0.2) is 29.6 Å². The molecule has 0 aliphatic rings. The molecule has 1 atom stereocenters. The Kier molecular flexibility index (Phi) is 5.29. The maximum Gasteiger partial charge on any atom is 0.227 e. The van der Waals surface area contributed by atoms with Crippen LogP contribution in [-0.4, -0.2) is 28.9 Å². The number of hydrogen-bond acceptors (Lipinski definition) is 4. The maximum absolute atomic E-state index is 12.2. The predicted octanol–water partition coefficient (Wildman–Crippen LogP) is 3.42. The Hall–Kier alpha value is -2.19. The lowest BCUT2D eigenvalue weighted by Gasteiger charge is -2.23. The number of nitriles is 1. The van der Waals surface area contributed by atoms with Crippen molar-refractivity contribution in [1.29, 1.82) is 5.26 Å². The molecular weight excluding hydrogens is 294 g/mol. The molecule has 0 saturated carbocycles. The van der Waals surface area contributed by atoms with E-state index in [0.29, 0.717) is 12.8 Å². The van der Waals surface area contributed by atoms with Crippen molar-refractivity contribution in [3.05, 3.63) is 40.2 Å². The summed E-state index contributed by atoms with van der Waals surface area (Å²) in [6.45, 7) is 3.87. The number of rotatable bonds is 5. The smallest absolute Gasteiger partial charge is 0.227 e. The number of likely N-dealkylation sites (N-methyl/N-ethyl adjacent to an activating group) is 1. The van der Waals surface area contributed by atoms with Crippen molar-refractivity contribution < 1.29 is 4.79 Å². The molecule has 0 radical (unpaired) electrons. The normalized spacial score (nSPS) is 11.7. The van der Waals surface area contributed by atoms with Crippen molar-refractivity contribution in [1.82, 2.24) is 9.88 Å². The van der Waals surface area contributed by atoms with Crippen molar-refractivity contribution >= 4 is 17.2 Å². The van der Waals surface area contributed by atoms with Crippen LogP contribution in [0, 0.1) is 18.3 Å². The van der Waals surface area contributed by atoms with Gasteiger partial charge in [-0.1, -0.05) is 24.3 Å². The number of carbonyl (C=O) groups is 1. The molecule has 114 valence electrons. The van der Waals surface area contributed by atoms with Crippen molar-refractivity contribution in [2.45, 2.75) is 32.7 Å². The van der Waals surface area contributed by atoms with E-state index in [2.05, 4.69) is 11.1 Å². The van der Waals surface area contributed by atoms with Gasteiger partial charge in [-0.05, 0) is 19.4 Å². The first-order valence-electron chi connectivity index (χ1n) is 7.15. The summed E-state index contributed by atoms with van der Waals surface area (Å²) in [6, 6.07) is 9.95. The number of aromatic nitrogens is 1. The number of amides is 1. The Morgan fingerprint density at radius 3 is 2.64 bits per heavy atom. The molecule has 0 bridgehead atoms. The Labute approximate surface area is 135 Å². The predicted molar refractivity (Wildman–Crippen MR) is 88.5 cm³/mol. The Bertz CT molecular complexity index is 685. The summed E-state index contributed by atoms with van der Waals surface area (Å²) < 4.78 is 0. The van der Waals surface area contributed by atoms with Crippen molar-refractivity contribution in [2.75, 3.05) is 7.05 Å². The van der Waals surface area contributed by atoms with Crippen LogP contribution >= 0.6 is 11.3 Å². The number of nitrogens with zero attached hydrogens (tertiary/aromatic N) is 3. The van der Waals surface area contributed by atoms with E-state index in [4.69, 9.17) is 5.26 Å². The molecule has 0 N–H and O–H groups in total. The minimum Gasteiger partial charge on any atom is -0.342 e. The van der Waals surface area contributed by atoms with Gasteiger partial charge in [0.15, 0.2) is 0 Å². The van der Waals surface area contributed by atoms with Crippen LogP contribution in [0.25, 0.3) is 11.3 Å². The van der Waals surface area contributed by atoms with E-state index in [9.17, 15) is 4.79 Å². The highest BCUT2D eigenvalue weighted by Gasteiger charge is 2.15. The van der Waals surface area contributed by atoms with E-state index in [1.165, 1.54) is 0 Å². The van der Waals surface area contributed by atoms with Gasteiger partial charge in [0.2, 0.25) is 5.91 Å². The van der Waals surface area contributed by atoms with Gasteiger partial charge in [0.05, 0.1) is 29.6 Å². The molecule has 0 aliphatic carbocycles. The number of carbonyl (C=O) groups excluding carboxylic acids is 1. The van der Waals surface area contributed by atoms with Gasteiger partial charge in [0.1, 0.15) is 0 Å².